The molecule has 2 N–H and O–H groups in total. The van der Waals surface area contributed by atoms with Crippen LogP contribution in [-0.2, 0) is 0 Å². The number of hydrogen-bond donors (Lipinski definition) is 2. The summed E-state index contributed by atoms with van der Waals surface area (Å²) in [6, 6.07) is 11.4. The van der Waals surface area contributed by atoms with Crippen LogP contribution in [0.4, 0.5) is 16.2 Å². The summed E-state index contributed by atoms with van der Waals surface area (Å²) in [6.07, 6.45) is 4.61. The molecule has 0 atom stereocenters. The van der Waals surface area contributed by atoms with Gasteiger partial charge in [-0.3, -0.25) is 9.88 Å². The molecule has 0 bridgehead atoms. The van der Waals surface area contributed by atoms with Crippen molar-refractivity contribution in [1.29, 1.82) is 0 Å². The number of aromatic nitrogens is 1. The van der Waals surface area contributed by atoms with Crippen molar-refractivity contribution in [1.82, 2.24) is 20.1 Å². The number of piperazine rings is 1. The van der Waals surface area contributed by atoms with Gasteiger partial charge in [-0.15, -0.1) is 0 Å². The van der Waals surface area contributed by atoms with E-state index in [1.165, 1.54) is 5.69 Å². The summed E-state index contributed by atoms with van der Waals surface area (Å²) in [5, 5.41) is 5.82. The van der Waals surface area contributed by atoms with E-state index >= 15 is 0 Å². The minimum Gasteiger partial charge on any atom is -0.492 e. The third-order valence-corrected chi connectivity index (χ3v) is 5.24. The molecule has 0 radical (unpaired) electrons. The Balaban J connectivity index is 1.29. The first-order valence-corrected chi connectivity index (χ1v) is 10.9. The molecule has 31 heavy (non-hydrogen) atoms. The van der Waals surface area contributed by atoms with Crippen LogP contribution >= 0.6 is 0 Å². The number of urea groups is 1. The average Bonchev–Trinajstić information content (AvgIpc) is 2.78. The van der Waals surface area contributed by atoms with Gasteiger partial charge in [0.2, 0.25) is 0 Å². The van der Waals surface area contributed by atoms with Crippen molar-refractivity contribution in [2.45, 2.75) is 6.42 Å². The lowest BCUT2D eigenvalue weighted by Crippen LogP contribution is -2.47. The maximum absolute atomic E-state index is 12.2. The van der Waals surface area contributed by atoms with Crippen LogP contribution in [-0.4, -0.2) is 87.3 Å². The van der Waals surface area contributed by atoms with Crippen LogP contribution in [0.1, 0.15) is 6.42 Å². The molecule has 0 unspecified atom stereocenters. The predicted molar refractivity (Wildman–Crippen MR) is 125 cm³/mol. The number of likely N-dealkylation sites (N-methyl/N-ethyl adjacent to an activating group) is 1. The Kier molecular flexibility index (Phi) is 8.93. The summed E-state index contributed by atoms with van der Waals surface area (Å²) in [4.78, 5) is 23.2. The van der Waals surface area contributed by atoms with Gasteiger partial charge in [-0.2, -0.15) is 0 Å². The zero-order valence-electron chi connectivity index (χ0n) is 18.6. The van der Waals surface area contributed by atoms with Crippen LogP contribution in [0.25, 0.3) is 0 Å². The maximum Gasteiger partial charge on any atom is 0.319 e. The second-order valence-electron chi connectivity index (χ2n) is 7.95. The molecule has 1 aromatic heterocycles. The molecule has 0 spiro atoms. The fraction of sp³-hybridized carbons (Fsp3) is 0.478. The molecular formula is C23H34N6O2. The monoisotopic (exact) mass is 426 g/mol. The van der Waals surface area contributed by atoms with Crippen molar-refractivity contribution in [3.8, 4) is 5.75 Å². The number of anilines is 2. The maximum atomic E-state index is 12.2. The highest BCUT2D eigenvalue weighted by molar-refractivity contribution is 5.89. The minimum atomic E-state index is -0.187. The van der Waals surface area contributed by atoms with Crippen molar-refractivity contribution in [3.63, 3.8) is 0 Å². The van der Waals surface area contributed by atoms with Crippen LogP contribution in [0.5, 0.6) is 5.75 Å². The Morgan fingerprint density at radius 2 is 1.90 bits per heavy atom. The van der Waals surface area contributed by atoms with E-state index in [2.05, 4.69) is 42.5 Å². The van der Waals surface area contributed by atoms with Crippen molar-refractivity contribution in [2.75, 3.05) is 76.7 Å². The van der Waals surface area contributed by atoms with Crippen molar-refractivity contribution in [3.05, 3.63) is 48.8 Å². The molecular weight excluding hydrogens is 392 g/mol. The summed E-state index contributed by atoms with van der Waals surface area (Å²) in [5.41, 5.74) is 1.97. The fourth-order valence-electron chi connectivity index (χ4n) is 3.47. The number of nitrogens with zero attached hydrogens (tertiary/aromatic N) is 4. The topological polar surface area (TPSA) is 73.0 Å². The molecule has 8 heteroatoms. The van der Waals surface area contributed by atoms with Crippen LogP contribution in [0.2, 0.25) is 0 Å². The molecule has 2 heterocycles. The lowest BCUT2D eigenvalue weighted by atomic mass is 10.2. The lowest BCUT2D eigenvalue weighted by molar-refractivity contribution is 0.244. The summed E-state index contributed by atoms with van der Waals surface area (Å²) < 4.78 is 5.72. The Morgan fingerprint density at radius 1 is 1.13 bits per heavy atom. The molecule has 2 aromatic rings. The first kappa shape index (κ1) is 22.8. The predicted octanol–water partition coefficient (Wildman–Crippen LogP) is 2.36. The highest BCUT2D eigenvalue weighted by Crippen LogP contribution is 2.17. The summed E-state index contributed by atoms with van der Waals surface area (Å²) in [7, 11) is 4.02. The molecule has 0 saturated carbocycles. The van der Waals surface area contributed by atoms with Gasteiger partial charge in [0.15, 0.2) is 0 Å². The third kappa shape index (κ3) is 8.07. The number of pyridine rings is 1. The first-order chi connectivity index (χ1) is 15.1. The molecule has 2 amide bonds. The average molecular weight is 427 g/mol. The third-order valence-electron chi connectivity index (χ3n) is 5.24. The van der Waals surface area contributed by atoms with Gasteiger partial charge in [-0.25, -0.2) is 4.79 Å². The van der Waals surface area contributed by atoms with E-state index in [0.717, 1.165) is 57.1 Å². The molecule has 8 nitrogen and oxygen atoms in total. The SMILES string of the molecule is CN(C)CCOc1cccc(NC(=O)NCCCN2CCN(c3ccncc3)CC2)c1. The van der Waals surface area contributed by atoms with Gasteiger partial charge in [0, 0.05) is 69.1 Å². The molecule has 1 saturated heterocycles. The largest absolute Gasteiger partial charge is 0.492 e. The number of rotatable bonds is 10. The quantitative estimate of drug-likeness (QED) is 0.569. The van der Waals surface area contributed by atoms with E-state index in [9.17, 15) is 4.79 Å². The van der Waals surface area contributed by atoms with Crippen LogP contribution in [0, 0.1) is 0 Å². The van der Waals surface area contributed by atoms with Gasteiger partial charge in [0.25, 0.3) is 0 Å². The van der Waals surface area contributed by atoms with Crippen LogP contribution in [0.15, 0.2) is 48.8 Å². The molecule has 1 aromatic carbocycles. The van der Waals surface area contributed by atoms with Crippen LogP contribution < -0.4 is 20.3 Å². The van der Waals surface area contributed by atoms with Crippen molar-refractivity contribution in [2.24, 2.45) is 0 Å². The summed E-state index contributed by atoms with van der Waals surface area (Å²) in [6.45, 7) is 7.20. The minimum absolute atomic E-state index is 0.187. The fourth-order valence-corrected chi connectivity index (χ4v) is 3.47. The Labute approximate surface area is 185 Å². The Bertz CT molecular complexity index is 794. The molecule has 3 rings (SSSR count). The zero-order valence-corrected chi connectivity index (χ0v) is 18.6. The van der Waals surface area contributed by atoms with Gasteiger partial charge in [0.1, 0.15) is 12.4 Å². The molecule has 1 aliphatic heterocycles. The van der Waals surface area contributed by atoms with Gasteiger partial charge in [0.05, 0.1) is 0 Å². The molecule has 1 fully saturated rings. The number of hydrogen-bond acceptors (Lipinski definition) is 6. The van der Waals surface area contributed by atoms with Gasteiger partial charge in [-0.1, -0.05) is 6.07 Å². The molecule has 1 aliphatic rings. The normalized spacial score (nSPS) is 14.5. The van der Waals surface area contributed by atoms with E-state index in [1.54, 1.807) is 0 Å². The number of ether oxygens (including phenoxy) is 1. The van der Waals surface area contributed by atoms with Crippen molar-refractivity contribution < 1.29 is 9.53 Å². The van der Waals surface area contributed by atoms with E-state index in [-0.39, 0.29) is 6.03 Å². The summed E-state index contributed by atoms with van der Waals surface area (Å²) in [5.74, 6) is 0.755. The lowest BCUT2D eigenvalue weighted by Gasteiger charge is -2.36. The highest BCUT2D eigenvalue weighted by atomic mass is 16.5. The van der Waals surface area contributed by atoms with Gasteiger partial charge >= 0.3 is 6.03 Å². The Hall–Kier alpha value is -2.84. The van der Waals surface area contributed by atoms with E-state index in [0.29, 0.717) is 13.2 Å². The molecule has 0 aliphatic carbocycles. The van der Waals surface area contributed by atoms with Gasteiger partial charge < -0.3 is 25.2 Å². The number of benzene rings is 1. The number of amides is 2. The van der Waals surface area contributed by atoms with E-state index < -0.39 is 0 Å². The zero-order chi connectivity index (χ0) is 21.9. The standard InChI is InChI=1S/C23H34N6O2/c1-27(2)17-18-31-22-6-3-5-20(19-22)26-23(30)25-9-4-12-28-13-15-29(16-14-28)21-7-10-24-11-8-21/h3,5-8,10-11,19H,4,9,12-18H2,1-2H3,(H2,25,26,30). The highest BCUT2D eigenvalue weighted by Gasteiger charge is 2.16. The van der Waals surface area contributed by atoms with Crippen molar-refractivity contribution >= 4 is 17.4 Å². The van der Waals surface area contributed by atoms with E-state index in [1.807, 2.05) is 50.8 Å². The smallest absolute Gasteiger partial charge is 0.319 e. The first-order valence-electron chi connectivity index (χ1n) is 10.9. The summed E-state index contributed by atoms with van der Waals surface area (Å²) >= 11 is 0. The number of carbonyl (C=O) groups is 1. The second-order valence-corrected chi connectivity index (χ2v) is 7.95. The number of nitrogens with one attached hydrogen (secondary N) is 2. The van der Waals surface area contributed by atoms with Gasteiger partial charge in [-0.05, 0) is 51.3 Å². The Morgan fingerprint density at radius 3 is 2.65 bits per heavy atom. The second kappa shape index (κ2) is 12.1. The van der Waals surface area contributed by atoms with Crippen LogP contribution in [0.3, 0.4) is 0 Å². The van der Waals surface area contributed by atoms with E-state index in [4.69, 9.17) is 4.74 Å². The molecule has 168 valence electrons. The number of carbonyl (C=O) groups excluding carboxylic acids is 1.